The Balaban J connectivity index is 2.86. The Bertz CT molecular complexity index is 640. The summed E-state index contributed by atoms with van der Waals surface area (Å²) < 4.78 is 53.5. The van der Waals surface area contributed by atoms with Crippen LogP contribution in [0.3, 0.4) is 0 Å². The van der Waals surface area contributed by atoms with Gasteiger partial charge in [-0.25, -0.2) is 17.6 Å². The minimum atomic E-state index is -1.62. The molecular weight excluding hydrogens is 274 g/mol. The van der Waals surface area contributed by atoms with Crippen molar-refractivity contribution in [2.24, 2.45) is 0 Å². The second-order valence-corrected chi connectivity index (χ2v) is 3.64. The summed E-state index contributed by atoms with van der Waals surface area (Å²) in [5, 5.41) is 14.6. The number of aliphatic hydroxyl groups is 1. The van der Waals surface area contributed by atoms with Crippen LogP contribution in [0.1, 0.15) is 5.82 Å². The zero-order valence-electron chi connectivity index (χ0n) is 8.55. The van der Waals surface area contributed by atoms with E-state index in [-0.39, 0.29) is 16.7 Å². The molecule has 96 valence electrons. The second kappa shape index (κ2) is 4.50. The molecule has 2 N–H and O–H groups in total. The summed E-state index contributed by atoms with van der Waals surface area (Å²) in [4.78, 5) is 0. The molecule has 0 spiro atoms. The number of aromatic amines is 1. The van der Waals surface area contributed by atoms with Gasteiger partial charge in [-0.1, -0.05) is 0 Å². The van der Waals surface area contributed by atoms with Crippen molar-refractivity contribution in [2.75, 3.05) is 0 Å². The third-order valence-corrected chi connectivity index (χ3v) is 2.47. The molecule has 1 aromatic carbocycles. The van der Waals surface area contributed by atoms with Gasteiger partial charge in [-0.2, -0.15) is 5.10 Å². The summed E-state index contributed by atoms with van der Waals surface area (Å²) in [6.07, 6.45) is 0. The zero-order chi connectivity index (χ0) is 13.4. The van der Waals surface area contributed by atoms with E-state index in [2.05, 4.69) is 22.4 Å². The average molecular weight is 279 g/mol. The molecule has 1 heterocycles. The maximum atomic E-state index is 13.5. The van der Waals surface area contributed by atoms with E-state index in [0.29, 0.717) is 4.57 Å². The van der Waals surface area contributed by atoms with Gasteiger partial charge < -0.3 is 5.11 Å². The number of halogens is 4. The van der Waals surface area contributed by atoms with Crippen molar-refractivity contribution in [1.29, 1.82) is 0 Å². The Morgan fingerprint density at radius 1 is 1.22 bits per heavy atom. The molecule has 0 amide bonds. The first kappa shape index (κ1) is 12.7. The molecule has 0 fully saturated rings. The summed E-state index contributed by atoms with van der Waals surface area (Å²) in [6, 6.07) is 0.0798. The summed E-state index contributed by atoms with van der Waals surface area (Å²) in [6.45, 7) is -0.718. The van der Waals surface area contributed by atoms with Gasteiger partial charge in [0.05, 0.1) is 0 Å². The number of aromatic nitrogens is 3. The average Bonchev–Trinajstić information content (AvgIpc) is 2.69. The van der Waals surface area contributed by atoms with Gasteiger partial charge in [0.1, 0.15) is 12.3 Å². The molecule has 0 atom stereocenters. The topological polar surface area (TPSA) is 53.8 Å². The van der Waals surface area contributed by atoms with Gasteiger partial charge in [0.2, 0.25) is 0 Å². The van der Waals surface area contributed by atoms with E-state index in [0.717, 1.165) is 0 Å². The Labute approximate surface area is 102 Å². The molecule has 0 aliphatic rings. The summed E-state index contributed by atoms with van der Waals surface area (Å²) >= 11 is 4.68. The Hall–Kier alpha value is -1.74. The summed E-state index contributed by atoms with van der Waals surface area (Å²) in [7, 11) is 0. The van der Waals surface area contributed by atoms with E-state index in [1.165, 1.54) is 0 Å². The molecule has 0 aliphatic heterocycles. The van der Waals surface area contributed by atoms with E-state index in [4.69, 9.17) is 5.11 Å². The van der Waals surface area contributed by atoms with Crippen molar-refractivity contribution in [3.05, 3.63) is 39.9 Å². The summed E-state index contributed by atoms with van der Waals surface area (Å²) in [5.41, 5.74) is -1.06. The third-order valence-electron chi connectivity index (χ3n) is 2.20. The fourth-order valence-corrected chi connectivity index (χ4v) is 1.67. The molecule has 0 bridgehead atoms. The van der Waals surface area contributed by atoms with Crippen molar-refractivity contribution in [3.8, 4) is 5.69 Å². The normalized spacial score (nSPS) is 10.9. The van der Waals surface area contributed by atoms with Crippen molar-refractivity contribution >= 4 is 12.2 Å². The lowest BCUT2D eigenvalue weighted by atomic mass is 10.2. The minimum Gasteiger partial charge on any atom is -0.388 e. The number of nitrogens with one attached hydrogen (secondary N) is 1. The third kappa shape index (κ3) is 1.81. The van der Waals surface area contributed by atoms with Crippen LogP contribution in [0.2, 0.25) is 0 Å². The first-order chi connectivity index (χ1) is 8.47. The number of benzene rings is 1. The van der Waals surface area contributed by atoms with E-state index in [1.54, 1.807) is 0 Å². The number of hydrogen-bond acceptors (Lipinski definition) is 3. The molecule has 1 aromatic heterocycles. The van der Waals surface area contributed by atoms with Crippen LogP contribution < -0.4 is 0 Å². The van der Waals surface area contributed by atoms with Crippen molar-refractivity contribution < 1.29 is 22.7 Å². The number of rotatable bonds is 2. The van der Waals surface area contributed by atoms with E-state index in [1.807, 2.05) is 0 Å². The molecular formula is C9H5F4N3OS. The van der Waals surface area contributed by atoms with Gasteiger partial charge in [0, 0.05) is 6.07 Å². The van der Waals surface area contributed by atoms with Crippen molar-refractivity contribution in [2.45, 2.75) is 6.61 Å². The van der Waals surface area contributed by atoms with Crippen LogP contribution in [0.15, 0.2) is 6.07 Å². The monoisotopic (exact) mass is 279 g/mol. The Kier molecular flexibility index (Phi) is 3.18. The molecule has 0 saturated carbocycles. The predicted molar refractivity (Wildman–Crippen MR) is 54.5 cm³/mol. The van der Waals surface area contributed by atoms with Crippen LogP contribution in [-0.4, -0.2) is 19.9 Å². The van der Waals surface area contributed by atoms with E-state index in [9.17, 15) is 17.6 Å². The van der Waals surface area contributed by atoms with Gasteiger partial charge in [-0.15, -0.1) is 0 Å². The molecule has 0 radical (unpaired) electrons. The molecule has 2 rings (SSSR count). The Morgan fingerprint density at radius 2 is 1.78 bits per heavy atom. The zero-order valence-corrected chi connectivity index (χ0v) is 9.36. The van der Waals surface area contributed by atoms with Crippen molar-refractivity contribution in [3.63, 3.8) is 0 Å². The number of nitrogens with zero attached hydrogens (tertiary/aromatic N) is 2. The van der Waals surface area contributed by atoms with Crippen LogP contribution in [0.25, 0.3) is 5.69 Å². The SMILES string of the molecule is OCc1n[nH]c(=S)n1-c1c(F)c(F)cc(F)c1F. The van der Waals surface area contributed by atoms with Gasteiger partial charge in [-0.3, -0.25) is 9.67 Å². The number of hydrogen-bond donors (Lipinski definition) is 2. The highest BCUT2D eigenvalue weighted by atomic mass is 32.1. The fraction of sp³-hybridized carbons (Fsp3) is 0.111. The van der Waals surface area contributed by atoms with E-state index < -0.39 is 35.6 Å². The maximum Gasteiger partial charge on any atom is 0.200 e. The number of H-pyrrole nitrogens is 1. The minimum absolute atomic E-state index is 0.0798. The molecule has 2 aromatic rings. The predicted octanol–water partition coefficient (Wildman–Crippen LogP) is 1.98. The smallest absolute Gasteiger partial charge is 0.200 e. The van der Waals surface area contributed by atoms with Crippen LogP contribution in [-0.2, 0) is 6.61 Å². The van der Waals surface area contributed by atoms with Crippen molar-refractivity contribution in [1.82, 2.24) is 14.8 Å². The molecule has 0 unspecified atom stereocenters. The van der Waals surface area contributed by atoms with Gasteiger partial charge in [-0.05, 0) is 12.2 Å². The van der Waals surface area contributed by atoms with Gasteiger partial charge >= 0.3 is 0 Å². The fourth-order valence-electron chi connectivity index (χ4n) is 1.42. The first-order valence-electron chi connectivity index (χ1n) is 4.58. The molecule has 9 heteroatoms. The molecule has 0 saturated heterocycles. The maximum absolute atomic E-state index is 13.5. The first-order valence-corrected chi connectivity index (χ1v) is 4.98. The highest BCUT2D eigenvalue weighted by molar-refractivity contribution is 7.71. The van der Waals surface area contributed by atoms with Crippen LogP contribution >= 0.6 is 12.2 Å². The summed E-state index contributed by atoms with van der Waals surface area (Å²) in [5.74, 6) is -6.67. The largest absolute Gasteiger partial charge is 0.388 e. The van der Waals surface area contributed by atoms with Crippen LogP contribution in [0.5, 0.6) is 0 Å². The highest BCUT2D eigenvalue weighted by Gasteiger charge is 2.23. The molecule has 4 nitrogen and oxygen atoms in total. The standard InChI is InChI=1S/C9H5F4N3OS/c10-3-1-4(11)7(13)8(6(3)12)16-5(2-17)14-15-9(16)18/h1,17H,2H2,(H,15,18). The lowest BCUT2D eigenvalue weighted by Gasteiger charge is -2.09. The van der Waals surface area contributed by atoms with Crippen LogP contribution in [0, 0.1) is 28.0 Å². The highest BCUT2D eigenvalue weighted by Crippen LogP contribution is 2.24. The Morgan fingerprint density at radius 3 is 2.28 bits per heavy atom. The lowest BCUT2D eigenvalue weighted by Crippen LogP contribution is -2.09. The lowest BCUT2D eigenvalue weighted by molar-refractivity contribution is 0.268. The van der Waals surface area contributed by atoms with Crippen LogP contribution in [0.4, 0.5) is 17.6 Å². The quantitative estimate of drug-likeness (QED) is 0.502. The second-order valence-electron chi connectivity index (χ2n) is 3.26. The van der Waals surface area contributed by atoms with Gasteiger partial charge in [0.25, 0.3) is 0 Å². The molecule has 18 heavy (non-hydrogen) atoms. The van der Waals surface area contributed by atoms with Gasteiger partial charge in [0.15, 0.2) is 33.9 Å². The number of aliphatic hydroxyl groups excluding tert-OH is 1. The van der Waals surface area contributed by atoms with E-state index >= 15 is 0 Å². The molecule has 0 aliphatic carbocycles.